The van der Waals surface area contributed by atoms with Crippen molar-refractivity contribution in [3.63, 3.8) is 0 Å². The summed E-state index contributed by atoms with van der Waals surface area (Å²) in [5.74, 6) is 0.352. The Kier molecular flexibility index (Phi) is 4.66. The predicted molar refractivity (Wildman–Crippen MR) is 70.1 cm³/mol. The van der Waals surface area contributed by atoms with Gasteiger partial charge < -0.3 is 10.1 Å². The fraction of sp³-hybridized carbons (Fsp3) is 0.538. The third kappa shape index (κ3) is 4.07. The minimum absolute atomic E-state index is 0.132. The molecule has 0 spiro atoms. The Bertz CT molecular complexity index is 514. The second-order valence-corrected chi connectivity index (χ2v) is 4.93. The van der Waals surface area contributed by atoms with Gasteiger partial charge in [-0.25, -0.2) is 0 Å². The molecule has 116 valence electrons. The van der Waals surface area contributed by atoms with Crippen LogP contribution in [-0.2, 0) is 10.9 Å². The van der Waals surface area contributed by atoms with E-state index in [0.717, 1.165) is 18.6 Å². The number of benzene rings is 1. The number of non-ortho nitro benzene ring substituents is 1. The number of nitrogens with one attached hydrogen (secondary N) is 1. The summed E-state index contributed by atoms with van der Waals surface area (Å²) in [6.07, 6.45) is -3.02. The van der Waals surface area contributed by atoms with E-state index >= 15 is 0 Å². The molecule has 1 aromatic carbocycles. The molecule has 1 N–H and O–H groups in total. The minimum atomic E-state index is -4.63. The Morgan fingerprint density at radius 2 is 2.19 bits per heavy atom. The van der Waals surface area contributed by atoms with E-state index in [9.17, 15) is 23.3 Å². The van der Waals surface area contributed by atoms with Crippen LogP contribution in [0.3, 0.4) is 0 Å². The standard InChI is InChI=1S/C13H15F3N2O3/c14-13(15,16)11-7-10(18(19)20)1-2-12(11)17-5-3-9-4-6-21-8-9/h1-2,7,9,17H,3-6,8H2. The van der Waals surface area contributed by atoms with E-state index in [1.54, 1.807) is 0 Å². The van der Waals surface area contributed by atoms with Crippen molar-refractivity contribution in [2.24, 2.45) is 5.92 Å². The van der Waals surface area contributed by atoms with Crippen LogP contribution >= 0.6 is 0 Å². The predicted octanol–water partition coefficient (Wildman–Crippen LogP) is 3.45. The van der Waals surface area contributed by atoms with Gasteiger partial charge in [0.1, 0.15) is 0 Å². The molecule has 0 aliphatic carbocycles. The molecule has 1 unspecified atom stereocenters. The third-order valence-electron chi connectivity index (χ3n) is 3.41. The number of hydrogen-bond acceptors (Lipinski definition) is 4. The highest BCUT2D eigenvalue weighted by Crippen LogP contribution is 2.37. The number of halogens is 3. The number of nitro benzene ring substituents is 1. The Morgan fingerprint density at radius 3 is 2.76 bits per heavy atom. The molecule has 21 heavy (non-hydrogen) atoms. The molecule has 0 aromatic heterocycles. The maximum absolute atomic E-state index is 12.9. The molecular formula is C13H15F3N2O3. The van der Waals surface area contributed by atoms with Crippen molar-refractivity contribution in [2.75, 3.05) is 25.1 Å². The number of ether oxygens (including phenoxy) is 1. The zero-order valence-corrected chi connectivity index (χ0v) is 11.2. The summed E-state index contributed by atoms with van der Waals surface area (Å²) in [5, 5.41) is 13.3. The van der Waals surface area contributed by atoms with Crippen molar-refractivity contribution in [1.82, 2.24) is 0 Å². The first-order valence-corrected chi connectivity index (χ1v) is 6.55. The average Bonchev–Trinajstić information content (AvgIpc) is 2.90. The summed E-state index contributed by atoms with van der Waals surface area (Å²) in [7, 11) is 0. The summed E-state index contributed by atoms with van der Waals surface area (Å²) in [6.45, 7) is 1.69. The van der Waals surface area contributed by atoms with Crippen LogP contribution in [0.2, 0.25) is 0 Å². The number of nitrogens with zero attached hydrogens (tertiary/aromatic N) is 1. The number of rotatable bonds is 5. The molecule has 1 saturated heterocycles. The Balaban J connectivity index is 2.08. The lowest BCUT2D eigenvalue weighted by atomic mass is 10.0. The van der Waals surface area contributed by atoms with Gasteiger partial charge >= 0.3 is 6.18 Å². The van der Waals surface area contributed by atoms with E-state index in [2.05, 4.69) is 5.32 Å². The van der Waals surface area contributed by atoms with Crippen LogP contribution in [0.1, 0.15) is 18.4 Å². The highest BCUT2D eigenvalue weighted by Gasteiger charge is 2.35. The van der Waals surface area contributed by atoms with E-state index in [4.69, 9.17) is 4.74 Å². The normalized spacial score (nSPS) is 18.7. The molecule has 0 radical (unpaired) electrons. The highest BCUT2D eigenvalue weighted by atomic mass is 19.4. The SMILES string of the molecule is O=[N+]([O-])c1ccc(NCCC2CCOC2)c(C(F)(F)F)c1. The molecule has 1 atom stereocenters. The summed E-state index contributed by atoms with van der Waals surface area (Å²) >= 11 is 0. The molecule has 8 heteroatoms. The highest BCUT2D eigenvalue weighted by molar-refractivity contribution is 5.57. The van der Waals surface area contributed by atoms with Crippen molar-refractivity contribution >= 4 is 11.4 Å². The van der Waals surface area contributed by atoms with Crippen LogP contribution in [0, 0.1) is 16.0 Å². The third-order valence-corrected chi connectivity index (χ3v) is 3.41. The minimum Gasteiger partial charge on any atom is -0.385 e. The summed E-state index contributed by atoms with van der Waals surface area (Å²) in [4.78, 5) is 9.74. The van der Waals surface area contributed by atoms with Gasteiger partial charge in [-0.05, 0) is 24.8 Å². The average molecular weight is 304 g/mol. The molecular weight excluding hydrogens is 289 g/mol. The second-order valence-electron chi connectivity index (χ2n) is 4.93. The van der Waals surface area contributed by atoms with Gasteiger partial charge in [0.05, 0.1) is 10.5 Å². The zero-order chi connectivity index (χ0) is 15.5. The maximum atomic E-state index is 12.9. The lowest BCUT2D eigenvalue weighted by Gasteiger charge is -2.15. The lowest BCUT2D eigenvalue weighted by Crippen LogP contribution is -2.14. The van der Waals surface area contributed by atoms with Gasteiger partial charge in [0.25, 0.3) is 5.69 Å². The molecule has 0 amide bonds. The topological polar surface area (TPSA) is 64.4 Å². The largest absolute Gasteiger partial charge is 0.418 e. The van der Waals surface area contributed by atoms with Crippen molar-refractivity contribution in [2.45, 2.75) is 19.0 Å². The van der Waals surface area contributed by atoms with E-state index in [1.807, 2.05) is 0 Å². The molecule has 0 saturated carbocycles. The van der Waals surface area contributed by atoms with Crippen LogP contribution in [0.4, 0.5) is 24.5 Å². The summed E-state index contributed by atoms with van der Waals surface area (Å²) < 4.78 is 44.0. The van der Waals surface area contributed by atoms with Gasteiger partial charge in [0, 0.05) is 37.6 Å². The van der Waals surface area contributed by atoms with Gasteiger partial charge in [0.2, 0.25) is 0 Å². The van der Waals surface area contributed by atoms with Crippen molar-refractivity contribution < 1.29 is 22.8 Å². The Labute approximate surface area is 119 Å². The van der Waals surface area contributed by atoms with E-state index in [0.29, 0.717) is 38.2 Å². The molecule has 1 aliphatic heterocycles. The first-order chi connectivity index (χ1) is 9.88. The Hall–Kier alpha value is -1.83. The van der Waals surface area contributed by atoms with Crippen molar-refractivity contribution in [1.29, 1.82) is 0 Å². The number of hydrogen-bond donors (Lipinski definition) is 1. The molecule has 1 heterocycles. The van der Waals surface area contributed by atoms with Crippen LogP contribution in [0.5, 0.6) is 0 Å². The van der Waals surface area contributed by atoms with Gasteiger partial charge in [-0.15, -0.1) is 0 Å². The van der Waals surface area contributed by atoms with Gasteiger partial charge in [-0.1, -0.05) is 0 Å². The summed E-state index contributed by atoms with van der Waals surface area (Å²) in [6, 6.07) is 2.73. The zero-order valence-electron chi connectivity index (χ0n) is 11.2. The van der Waals surface area contributed by atoms with Gasteiger partial charge in [0.15, 0.2) is 0 Å². The molecule has 1 aliphatic rings. The second kappa shape index (κ2) is 6.30. The lowest BCUT2D eigenvalue weighted by molar-refractivity contribution is -0.385. The van der Waals surface area contributed by atoms with Crippen molar-refractivity contribution in [3.05, 3.63) is 33.9 Å². The smallest absolute Gasteiger partial charge is 0.385 e. The Morgan fingerprint density at radius 1 is 1.43 bits per heavy atom. The van der Waals surface area contributed by atoms with E-state index < -0.39 is 22.4 Å². The monoisotopic (exact) mass is 304 g/mol. The molecule has 1 aromatic rings. The fourth-order valence-electron chi connectivity index (χ4n) is 2.26. The first-order valence-electron chi connectivity index (χ1n) is 6.55. The van der Waals surface area contributed by atoms with Crippen LogP contribution in [-0.4, -0.2) is 24.7 Å². The quantitative estimate of drug-likeness (QED) is 0.668. The van der Waals surface area contributed by atoms with Crippen LogP contribution in [0.25, 0.3) is 0 Å². The number of nitro groups is 1. The number of alkyl halides is 3. The number of anilines is 1. The van der Waals surface area contributed by atoms with Gasteiger partial charge in [-0.2, -0.15) is 13.2 Å². The molecule has 2 rings (SSSR count). The first kappa shape index (κ1) is 15.6. The van der Waals surface area contributed by atoms with Crippen LogP contribution in [0.15, 0.2) is 18.2 Å². The molecule has 1 fully saturated rings. The molecule has 5 nitrogen and oxygen atoms in total. The van der Waals surface area contributed by atoms with E-state index in [-0.39, 0.29) is 5.69 Å². The van der Waals surface area contributed by atoms with Crippen molar-refractivity contribution in [3.8, 4) is 0 Å². The maximum Gasteiger partial charge on any atom is 0.418 e. The van der Waals surface area contributed by atoms with E-state index in [1.165, 1.54) is 0 Å². The fourth-order valence-corrected chi connectivity index (χ4v) is 2.26. The van der Waals surface area contributed by atoms with Crippen LogP contribution < -0.4 is 5.32 Å². The molecule has 0 bridgehead atoms. The summed E-state index contributed by atoms with van der Waals surface area (Å²) in [5.41, 5.74) is -1.72. The van der Waals surface area contributed by atoms with Gasteiger partial charge in [-0.3, -0.25) is 10.1 Å².